The normalized spacial score (nSPS) is 18.4. The summed E-state index contributed by atoms with van der Waals surface area (Å²) < 4.78 is 15.7. The minimum absolute atomic E-state index is 0.0219. The molecule has 0 bridgehead atoms. The molecule has 1 atom stereocenters. The first-order valence-corrected chi connectivity index (χ1v) is 8.03. The number of aromatic hydroxyl groups is 3. The smallest absolute Gasteiger partial charge is 0.302 e. The monoisotopic (exact) mass is 374 g/mol. The van der Waals surface area contributed by atoms with Crippen molar-refractivity contribution in [2.45, 2.75) is 12.3 Å². The average Bonchev–Trinajstić information content (AvgIpc) is 2.60. The zero-order valence-corrected chi connectivity index (χ0v) is 14.7. The molecule has 8 nitrogen and oxygen atoms in total. The lowest BCUT2D eigenvalue weighted by Crippen LogP contribution is -2.49. The molecule has 0 fully saturated rings. The van der Waals surface area contributed by atoms with Crippen molar-refractivity contribution in [3.05, 3.63) is 41.5 Å². The number of hydrogen-bond donors (Lipinski definition) is 3. The summed E-state index contributed by atoms with van der Waals surface area (Å²) in [5, 5.41) is 29.9. The highest BCUT2D eigenvalue weighted by Gasteiger charge is 2.48. The third-order valence-electron chi connectivity index (χ3n) is 4.46. The molecule has 0 spiro atoms. The van der Waals surface area contributed by atoms with Gasteiger partial charge in [-0.05, 0) is 17.7 Å². The molecule has 3 rings (SSSR count). The fraction of sp³-hybridized carbons (Fsp3) is 0.263. The van der Waals surface area contributed by atoms with Crippen molar-refractivity contribution in [1.82, 2.24) is 0 Å². The number of esters is 1. The van der Waals surface area contributed by atoms with Crippen LogP contribution in [0.4, 0.5) is 0 Å². The van der Waals surface area contributed by atoms with Crippen LogP contribution in [0.3, 0.4) is 0 Å². The second kappa shape index (κ2) is 6.71. The van der Waals surface area contributed by atoms with Gasteiger partial charge in [-0.25, -0.2) is 0 Å². The van der Waals surface area contributed by atoms with Crippen LogP contribution >= 0.6 is 0 Å². The van der Waals surface area contributed by atoms with Crippen molar-refractivity contribution in [2.75, 3.05) is 20.3 Å². The molecule has 0 saturated heterocycles. The first-order chi connectivity index (χ1) is 12.8. The van der Waals surface area contributed by atoms with Gasteiger partial charge in [-0.2, -0.15) is 0 Å². The Labute approximate surface area is 154 Å². The Morgan fingerprint density at radius 3 is 2.56 bits per heavy atom. The summed E-state index contributed by atoms with van der Waals surface area (Å²) in [6.45, 7) is 0.629. The van der Waals surface area contributed by atoms with Gasteiger partial charge in [0.1, 0.15) is 41.4 Å². The maximum absolute atomic E-state index is 13.3. The summed E-state index contributed by atoms with van der Waals surface area (Å²) in [5.74, 6) is -1.85. The minimum atomic E-state index is -1.49. The zero-order chi connectivity index (χ0) is 19.8. The molecule has 0 aliphatic carbocycles. The number of benzene rings is 2. The topological polar surface area (TPSA) is 123 Å². The quantitative estimate of drug-likeness (QED) is 0.694. The Morgan fingerprint density at radius 1 is 1.19 bits per heavy atom. The van der Waals surface area contributed by atoms with Crippen LogP contribution in [0.25, 0.3) is 0 Å². The van der Waals surface area contributed by atoms with Gasteiger partial charge in [0.05, 0.1) is 7.11 Å². The van der Waals surface area contributed by atoms with E-state index in [-0.39, 0.29) is 41.8 Å². The van der Waals surface area contributed by atoms with E-state index < -0.39 is 22.9 Å². The summed E-state index contributed by atoms with van der Waals surface area (Å²) in [6, 6.07) is 6.58. The Morgan fingerprint density at radius 2 is 1.93 bits per heavy atom. The molecule has 8 heteroatoms. The summed E-state index contributed by atoms with van der Waals surface area (Å²) in [4.78, 5) is 24.7. The van der Waals surface area contributed by atoms with Crippen LogP contribution in [0, 0.1) is 0 Å². The number of rotatable bonds is 4. The number of ether oxygens (including phenoxy) is 3. The van der Waals surface area contributed by atoms with Gasteiger partial charge in [-0.3, -0.25) is 9.59 Å². The van der Waals surface area contributed by atoms with Crippen molar-refractivity contribution in [3.8, 4) is 28.7 Å². The fourth-order valence-electron chi connectivity index (χ4n) is 3.05. The lowest BCUT2D eigenvalue weighted by atomic mass is 9.73. The van der Waals surface area contributed by atoms with Crippen molar-refractivity contribution >= 4 is 11.8 Å². The maximum atomic E-state index is 13.3. The molecule has 0 saturated carbocycles. The van der Waals surface area contributed by atoms with Crippen LogP contribution in [0.2, 0.25) is 0 Å². The highest BCUT2D eigenvalue weighted by atomic mass is 16.5. The van der Waals surface area contributed by atoms with Crippen LogP contribution < -0.4 is 9.47 Å². The number of methoxy groups -OCH3 is 1. The summed E-state index contributed by atoms with van der Waals surface area (Å²) in [6.07, 6.45) is 0. The van der Waals surface area contributed by atoms with E-state index in [0.29, 0.717) is 5.56 Å². The predicted octanol–water partition coefficient (Wildman–Crippen LogP) is 1.89. The third-order valence-corrected chi connectivity index (χ3v) is 4.46. The number of Topliss-reactive ketones (excluding diaryl/α,β-unsaturated/α-hetero) is 1. The molecule has 1 heterocycles. The lowest BCUT2D eigenvalue weighted by Gasteiger charge is -2.36. The van der Waals surface area contributed by atoms with E-state index in [1.165, 1.54) is 32.2 Å². The molecule has 142 valence electrons. The largest absolute Gasteiger partial charge is 0.508 e. The number of carbonyl (C=O) groups is 2. The Hall–Kier alpha value is -3.42. The maximum Gasteiger partial charge on any atom is 0.302 e. The molecule has 0 radical (unpaired) electrons. The van der Waals surface area contributed by atoms with E-state index in [9.17, 15) is 24.9 Å². The van der Waals surface area contributed by atoms with Crippen LogP contribution in [0.1, 0.15) is 22.8 Å². The zero-order valence-electron chi connectivity index (χ0n) is 14.7. The fourth-order valence-corrected chi connectivity index (χ4v) is 3.05. The molecule has 27 heavy (non-hydrogen) atoms. The number of ketones is 1. The summed E-state index contributed by atoms with van der Waals surface area (Å²) in [5.41, 5.74) is -1.30. The van der Waals surface area contributed by atoms with E-state index in [0.717, 1.165) is 6.07 Å². The van der Waals surface area contributed by atoms with Crippen molar-refractivity contribution in [1.29, 1.82) is 0 Å². The molecule has 0 unspecified atom stereocenters. The SMILES string of the molecule is COc1ccc([C@]2(COC(C)=O)COc3cc(O)cc(O)c3C2=O)cc1O. The molecule has 2 aromatic carbocycles. The number of phenols is 3. The molecule has 1 aliphatic rings. The Balaban J connectivity index is 2.15. The lowest BCUT2D eigenvalue weighted by molar-refractivity contribution is -0.142. The first-order valence-electron chi connectivity index (χ1n) is 8.03. The highest BCUT2D eigenvalue weighted by molar-refractivity contribution is 6.09. The summed E-state index contributed by atoms with van der Waals surface area (Å²) in [7, 11) is 1.39. The number of fused-ring (bicyclic) bond motifs is 1. The standard InChI is InChI=1S/C19H18O8/c1-10(20)26-8-19(11-3-4-15(25-2)13(22)5-11)9-27-16-7-12(21)6-14(23)17(16)18(19)24/h3-7,21-23H,8-9H2,1-2H3/t19-/m0/s1. The number of phenolic OH excluding ortho intramolecular Hbond substituents is 3. The molecule has 2 aromatic rings. The van der Waals surface area contributed by atoms with E-state index in [2.05, 4.69) is 0 Å². The molecular formula is C19H18O8. The first kappa shape index (κ1) is 18.4. The average molecular weight is 374 g/mol. The van der Waals surface area contributed by atoms with Gasteiger partial charge in [0.25, 0.3) is 0 Å². The Kier molecular flexibility index (Phi) is 4.57. The van der Waals surface area contributed by atoms with Gasteiger partial charge in [0.2, 0.25) is 0 Å². The van der Waals surface area contributed by atoms with Gasteiger partial charge < -0.3 is 29.5 Å². The van der Waals surface area contributed by atoms with Gasteiger partial charge in [-0.15, -0.1) is 0 Å². The van der Waals surface area contributed by atoms with Gasteiger partial charge in [0, 0.05) is 19.1 Å². The number of carbonyl (C=O) groups excluding carboxylic acids is 2. The van der Waals surface area contributed by atoms with Crippen LogP contribution in [0.5, 0.6) is 28.7 Å². The van der Waals surface area contributed by atoms with Gasteiger partial charge in [0.15, 0.2) is 17.3 Å². The highest BCUT2D eigenvalue weighted by Crippen LogP contribution is 2.44. The van der Waals surface area contributed by atoms with E-state index in [4.69, 9.17) is 14.2 Å². The van der Waals surface area contributed by atoms with Crippen LogP contribution in [-0.2, 0) is 14.9 Å². The van der Waals surface area contributed by atoms with Crippen molar-refractivity contribution in [3.63, 3.8) is 0 Å². The van der Waals surface area contributed by atoms with Gasteiger partial charge >= 0.3 is 5.97 Å². The van der Waals surface area contributed by atoms with Crippen LogP contribution in [0.15, 0.2) is 30.3 Å². The van der Waals surface area contributed by atoms with Crippen LogP contribution in [-0.4, -0.2) is 47.4 Å². The molecule has 0 amide bonds. The second-order valence-electron chi connectivity index (χ2n) is 6.20. The van der Waals surface area contributed by atoms with E-state index in [1.54, 1.807) is 6.07 Å². The Bertz CT molecular complexity index is 920. The summed E-state index contributed by atoms with van der Waals surface area (Å²) >= 11 is 0. The molecular weight excluding hydrogens is 356 g/mol. The molecule has 3 N–H and O–H groups in total. The molecule has 1 aliphatic heterocycles. The molecule has 0 aromatic heterocycles. The third kappa shape index (κ3) is 3.10. The number of hydrogen-bond acceptors (Lipinski definition) is 8. The minimum Gasteiger partial charge on any atom is -0.508 e. The van der Waals surface area contributed by atoms with Gasteiger partial charge in [-0.1, -0.05) is 6.07 Å². The van der Waals surface area contributed by atoms with E-state index >= 15 is 0 Å². The van der Waals surface area contributed by atoms with Crippen molar-refractivity contribution < 1.29 is 39.1 Å². The second-order valence-corrected chi connectivity index (χ2v) is 6.20. The predicted molar refractivity (Wildman–Crippen MR) is 92.6 cm³/mol. The van der Waals surface area contributed by atoms with Crippen molar-refractivity contribution in [2.24, 2.45) is 0 Å². The van der Waals surface area contributed by atoms with E-state index in [1.807, 2.05) is 0 Å².